The van der Waals surface area contributed by atoms with Crippen molar-refractivity contribution in [1.82, 2.24) is 0 Å². The molecule has 0 heterocycles. The van der Waals surface area contributed by atoms with Crippen LogP contribution in [0.4, 0.5) is 0 Å². The minimum absolute atomic E-state index is 0. The lowest BCUT2D eigenvalue weighted by atomic mass is 10.4. The van der Waals surface area contributed by atoms with Crippen LogP contribution in [0.25, 0.3) is 0 Å². The first-order valence-corrected chi connectivity index (χ1v) is 28.7. The second kappa shape index (κ2) is 23.2. The van der Waals surface area contributed by atoms with Crippen molar-refractivity contribution in [2.45, 2.75) is 103 Å². The molecule has 2 aromatic carbocycles. The molecule has 0 N–H and O–H groups in total. The molecule has 0 aliphatic rings. The molecule has 0 radical (unpaired) electrons. The Morgan fingerprint density at radius 2 is 0.800 bits per heavy atom. The van der Waals surface area contributed by atoms with Gasteiger partial charge in [0.05, 0.1) is 0 Å². The summed E-state index contributed by atoms with van der Waals surface area (Å²) in [6.07, 6.45) is 0. The third-order valence-electron chi connectivity index (χ3n) is 4.57. The summed E-state index contributed by atoms with van der Waals surface area (Å²) in [4.78, 5) is 0. The molecule has 0 aliphatic carbocycles. The predicted octanol–water partition coefficient (Wildman–Crippen LogP) is 6.38. The summed E-state index contributed by atoms with van der Waals surface area (Å²) >= 11 is 0. The number of hydrogen-bond donors (Lipinski definition) is 0. The van der Waals surface area contributed by atoms with Crippen molar-refractivity contribution in [2.24, 2.45) is 0 Å². The van der Waals surface area contributed by atoms with E-state index in [0.717, 1.165) is 10.4 Å². The van der Waals surface area contributed by atoms with Crippen LogP contribution in [0.3, 0.4) is 0 Å². The monoisotopic (exact) mass is 682 g/mol. The van der Waals surface area contributed by atoms with Crippen molar-refractivity contribution in [3.05, 3.63) is 60.7 Å². The van der Waals surface area contributed by atoms with Crippen molar-refractivity contribution >= 4 is 73.4 Å². The van der Waals surface area contributed by atoms with Gasteiger partial charge in [0.15, 0.2) is 36.2 Å². The topological polar surface area (TPSA) is 55.4 Å². The second-order valence-electron chi connectivity index (χ2n) is 9.42. The van der Waals surface area contributed by atoms with Crippen molar-refractivity contribution in [3.63, 3.8) is 0 Å². The average Bonchev–Trinajstić information content (AvgIpc) is 2.72. The molecular weight excluding hydrogens is 617 g/mol. The summed E-state index contributed by atoms with van der Waals surface area (Å²) in [5, 5.41) is 2.03. The van der Waals surface area contributed by atoms with Crippen molar-refractivity contribution in [1.29, 1.82) is 0 Å². The van der Waals surface area contributed by atoms with E-state index in [9.17, 15) is 0 Å². The third kappa shape index (κ3) is 15.8. The number of rotatable bonds is 14. The minimum atomic E-state index is -3.30. The van der Waals surface area contributed by atoms with E-state index < -0.39 is 63.1 Å². The van der Waals surface area contributed by atoms with E-state index in [1.807, 2.05) is 42.9 Å². The number of hydrogen-bond acceptors (Lipinski definition) is 6. The van der Waals surface area contributed by atoms with Crippen LogP contribution in [0.15, 0.2) is 60.7 Å². The zero-order valence-corrected chi connectivity index (χ0v) is 29.9. The molecule has 238 valence electrons. The molecule has 40 heavy (non-hydrogen) atoms. The summed E-state index contributed by atoms with van der Waals surface area (Å²) in [6.45, 7) is 19.3. The summed E-state index contributed by atoms with van der Waals surface area (Å²) < 4.78 is 40.2. The van der Waals surface area contributed by atoms with Gasteiger partial charge < -0.3 is 24.7 Å². The maximum atomic E-state index is 7.20. The van der Waals surface area contributed by atoms with Crippen molar-refractivity contribution in [3.8, 4) is 0 Å². The first-order valence-electron chi connectivity index (χ1n) is 12.1. The van der Waals surface area contributed by atoms with Gasteiger partial charge in [-0.05, 0) is 62.7 Å². The fourth-order valence-corrected chi connectivity index (χ4v) is 25.7. The van der Waals surface area contributed by atoms with Gasteiger partial charge in [0.1, 0.15) is 0 Å². The van der Waals surface area contributed by atoms with E-state index in [1.54, 1.807) is 0 Å². The molecule has 0 atom stereocenters. The fourth-order valence-electron chi connectivity index (χ4n) is 3.62. The fraction of sp³-hybridized carbons (Fsp3) is 0.556. The molecule has 2 rings (SSSR count). The summed E-state index contributed by atoms with van der Waals surface area (Å²) in [7, 11) is -14.5. The van der Waals surface area contributed by atoms with E-state index in [4.69, 9.17) is 24.7 Å². The van der Waals surface area contributed by atoms with E-state index in [-0.39, 0.29) is 44.6 Å². The quantitative estimate of drug-likeness (QED) is 0.216. The van der Waals surface area contributed by atoms with Crippen LogP contribution in [0.1, 0.15) is 44.6 Å². The highest BCUT2D eigenvalue weighted by molar-refractivity contribution is 7.00. The van der Waals surface area contributed by atoms with Gasteiger partial charge >= 0.3 is 26.9 Å². The van der Waals surface area contributed by atoms with Gasteiger partial charge in [0.25, 0.3) is 0 Å². The normalized spacial score (nSPS) is 11.2. The molecule has 2 aromatic rings. The maximum Gasteiger partial charge on any atom is 0.467 e. The summed E-state index contributed by atoms with van der Waals surface area (Å²) in [6, 6.07) is 20.6. The van der Waals surface area contributed by atoms with Gasteiger partial charge in [0, 0.05) is 6.55 Å². The Kier molecular flexibility index (Phi) is 28.7. The van der Waals surface area contributed by atoms with E-state index >= 15 is 0 Å². The van der Waals surface area contributed by atoms with Gasteiger partial charge in [-0.2, -0.15) is 0 Å². The lowest BCUT2D eigenvalue weighted by Gasteiger charge is -2.42. The van der Waals surface area contributed by atoms with Crippen LogP contribution >= 0.6 is 0 Å². The van der Waals surface area contributed by atoms with Gasteiger partial charge in [-0.15, -0.1) is 0 Å². The summed E-state index contributed by atoms with van der Waals surface area (Å²) in [5.41, 5.74) is 0. The van der Waals surface area contributed by atoms with Gasteiger partial charge in [-0.1, -0.05) is 105 Å². The molecule has 0 aromatic heterocycles. The largest absolute Gasteiger partial charge is 0.467 e. The van der Waals surface area contributed by atoms with Crippen LogP contribution in [0.2, 0.25) is 58.9 Å². The Labute approximate surface area is 261 Å². The Bertz CT molecular complexity index is 786. The van der Waals surface area contributed by atoms with E-state index in [2.05, 4.69) is 76.6 Å². The molecule has 0 amide bonds. The first kappa shape index (κ1) is 49.4. The Hall–Kier alpha value is -0.282. The van der Waals surface area contributed by atoms with Gasteiger partial charge in [-0.25, -0.2) is 0 Å². The molecule has 0 spiro atoms. The van der Waals surface area contributed by atoms with Crippen LogP contribution in [-0.2, 0) is 24.7 Å². The molecule has 0 saturated carbocycles. The average molecular weight is 683 g/mol. The predicted molar refractivity (Wildman–Crippen MR) is 199 cm³/mol. The summed E-state index contributed by atoms with van der Waals surface area (Å²) in [5.74, 6) is 0. The van der Waals surface area contributed by atoms with Gasteiger partial charge in [-0.3, -0.25) is 0 Å². The Balaban J connectivity index is -0.000000681. The van der Waals surface area contributed by atoms with Crippen molar-refractivity contribution in [2.75, 3.05) is 0 Å². The highest BCUT2D eigenvalue weighted by atomic mass is 28.5. The minimum Gasteiger partial charge on any atom is -0.422 e. The van der Waals surface area contributed by atoms with Crippen LogP contribution in [-0.4, -0.2) is 63.1 Å². The highest BCUT2D eigenvalue weighted by Gasteiger charge is 2.53. The lowest BCUT2D eigenvalue weighted by Crippen LogP contribution is -2.71. The van der Waals surface area contributed by atoms with E-state index in [0.29, 0.717) is 0 Å². The molecule has 0 saturated heterocycles. The molecule has 0 aliphatic heterocycles. The lowest BCUT2D eigenvalue weighted by molar-refractivity contribution is 0.229. The molecule has 0 unspecified atom stereocenters. The van der Waals surface area contributed by atoms with Crippen LogP contribution in [0, 0.1) is 0 Å². The molecule has 0 fully saturated rings. The van der Waals surface area contributed by atoms with Crippen LogP contribution in [0.5, 0.6) is 0 Å². The maximum absolute atomic E-state index is 7.20. The van der Waals surface area contributed by atoms with Crippen LogP contribution < -0.4 is 10.4 Å². The number of benzene rings is 2. The highest BCUT2D eigenvalue weighted by Crippen LogP contribution is 2.23. The SMILES string of the molecule is C.C.C.C.C.C.C[SiH](C)O[SiH](O[SiH](C)C)O[Si](O[Si](C)(O[SiH](C)C)O[SiH](C)C)(c1ccccc1)c1ccccc1. The Morgan fingerprint density at radius 3 is 1.07 bits per heavy atom. The first-order chi connectivity index (χ1) is 16.0. The van der Waals surface area contributed by atoms with E-state index in [1.165, 1.54) is 0 Å². The Morgan fingerprint density at radius 1 is 0.475 bits per heavy atom. The molecule has 0 bridgehead atoms. The molecule has 13 heteroatoms. The standard InChI is InChI=1S/C21H42O6Si7.6CH4/c1-28(2)22-32(23-29(3)4)26-34(20-16-12-10-13-17-20,21-18-14-11-15-19-21)27-33(9,24-30(5)6)25-31(7)8;;;;;;/h10-19,28-32H,1-9H3;6*1H4. The zero-order chi connectivity index (χ0) is 25.4. The van der Waals surface area contributed by atoms with Gasteiger partial charge in [0.2, 0.25) is 0 Å². The smallest absolute Gasteiger partial charge is 0.422 e. The second-order valence-corrected chi connectivity index (χ2v) is 28.3. The molecular formula is C27H66O6Si7. The molecule has 6 nitrogen and oxygen atoms in total. The zero-order valence-electron chi connectivity index (χ0n) is 22.1. The van der Waals surface area contributed by atoms with Crippen molar-refractivity contribution < 1.29 is 24.7 Å². The third-order valence-corrected chi connectivity index (χ3v) is 24.8.